The summed E-state index contributed by atoms with van der Waals surface area (Å²) >= 11 is 0. The van der Waals surface area contributed by atoms with Crippen molar-refractivity contribution in [3.05, 3.63) is 54.3 Å². The van der Waals surface area contributed by atoms with Crippen molar-refractivity contribution in [3.63, 3.8) is 0 Å². The third-order valence-corrected chi connectivity index (χ3v) is 8.70. The van der Waals surface area contributed by atoms with E-state index >= 15 is 0 Å². The first-order valence-corrected chi connectivity index (χ1v) is 12.4. The summed E-state index contributed by atoms with van der Waals surface area (Å²) in [4.78, 5) is 21.8. The number of ether oxygens (including phenoxy) is 2. The fourth-order valence-corrected chi connectivity index (χ4v) is 6.74. The van der Waals surface area contributed by atoms with Gasteiger partial charge in [-0.3, -0.25) is 14.8 Å². The number of halogens is 1. The highest BCUT2D eigenvalue weighted by molar-refractivity contribution is 7.92. The number of hydrogen-bond acceptors (Lipinski definition) is 8. The van der Waals surface area contributed by atoms with E-state index in [4.69, 9.17) is 14.6 Å². The van der Waals surface area contributed by atoms with E-state index in [0.717, 1.165) is 0 Å². The number of benzene rings is 2. The Morgan fingerprint density at radius 3 is 2.34 bits per heavy atom. The number of fused-ring (bicyclic) bond motifs is 2. The summed E-state index contributed by atoms with van der Waals surface area (Å²) in [5, 5.41) is 21.2. The third kappa shape index (κ3) is 4.87. The summed E-state index contributed by atoms with van der Waals surface area (Å²) in [5.41, 5.74) is 0.0604. The minimum absolute atomic E-state index is 0.0460. The Labute approximate surface area is 200 Å². The predicted molar refractivity (Wildman–Crippen MR) is 119 cm³/mol. The second-order valence-corrected chi connectivity index (χ2v) is 10.9. The first kappa shape index (κ1) is 25.0. The molecule has 0 saturated carbocycles. The zero-order chi connectivity index (χ0) is 25.3. The Bertz CT molecular complexity index is 1210. The smallest absolute Gasteiger partial charge is 0.304 e. The number of carbonyl (C=O) groups excluding carboxylic acids is 1. The number of hydroxylamine groups is 1. The summed E-state index contributed by atoms with van der Waals surface area (Å²) < 4.78 is 52.1. The number of amides is 1. The molecule has 2 aliphatic heterocycles. The molecule has 3 unspecified atom stereocenters. The van der Waals surface area contributed by atoms with Gasteiger partial charge in [0, 0.05) is 19.4 Å². The molecule has 0 aliphatic carbocycles. The topological polar surface area (TPSA) is 151 Å². The molecule has 4 rings (SSSR count). The van der Waals surface area contributed by atoms with E-state index in [1.165, 1.54) is 48.5 Å². The average molecular weight is 509 g/mol. The molecule has 0 spiro atoms. The van der Waals surface area contributed by atoms with Gasteiger partial charge in [-0.2, -0.15) is 0 Å². The predicted octanol–water partition coefficient (Wildman–Crippen LogP) is 2.37. The van der Waals surface area contributed by atoms with Crippen LogP contribution in [0.25, 0.3) is 0 Å². The van der Waals surface area contributed by atoms with Gasteiger partial charge in [0.05, 0.1) is 17.4 Å². The Hall–Kier alpha value is -3.06. The third-order valence-electron chi connectivity index (χ3n) is 6.39. The second-order valence-electron chi connectivity index (χ2n) is 8.69. The van der Waals surface area contributed by atoms with Crippen molar-refractivity contribution in [2.24, 2.45) is 0 Å². The van der Waals surface area contributed by atoms with Crippen LogP contribution in [-0.2, 0) is 24.2 Å². The van der Waals surface area contributed by atoms with Crippen LogP contribution < -0.4 is 15.5 Å². The molecule has 0 radical (unpaired) electrons. The van der Waals surface area contributed by atoms with Gasteiger partial charge in [-0.15, -0.1) is 0 Å². The Morgan fingerprint density at radius 1 is 1.11 bits per heavy atom. The van der Waals surface area contributed by atoms with Gasteiger partial charge in [0.1, 0.15) is 22.9 Å². The molecule has 2 heterocycles. The van der Waals surface area contributed by atoms with Gasteiger partial charge in [0.2, 0.25) is 9.84 Å². The minimum Gasteiger partial charge on any atom is -0.481 e. The van der Waals surface area contributed by atoms with Gasteiger partial charge < -0.3 is 19.9 Å². The van der Waals surface area contributed by atoms with Crippen LogP contribution in [0.15, 0.2) is 53.4 Å². The van der Waals surface area contributed by atoms with E-state index in [9.17, 15) is 27.6 Å². The average Bonchev–Trinajstić information content (AvgIpc) is 3.16. The highest BCUT2D eigenvalue weighted by Crippen LogP contribution is 2.51. The van der Waals surface area contributed by atoms with Crippen LogP contribution in [0, 0.1) is 5.82 Å². The molecule has 2 aliphatic rings. The molecule has 3 atom stereocenters. The van der Waals surface area contributed by atoms with Crippen molar-refractivity contribution in [2.75, 3.05) is 6.54 Å². The van der Waals surface area contributed by atoms with Crippen LogP contribution in [-0.4, -0.2) is 53.7 Å². The molecule has 2 saturated heterocycles. The lowest BCUT2D eigenvalue weighted by molar-refractivity contribution is -0.147. The minimum atomic E-state index is -4.13. The number of carboxylic acid groups (broad SMARTS) is 1. The number of carboxylic acids is 1. The van der Waals surface area contributed by atoms with Crippen LogP contribution in [0.1, 0.15) is 32.1 Å². The molecule has 2 fully saturated rings. The molecular formula is C23H25FN2O8S. The molecule has 2 aromatic carbocycles. The van der Waals surface area contributed by atoms with Gasteiger partial charge in [-0.05, 0) is 61.4 Å². The molecule has 2 bridgehead atoms. The van der Waals surface area contributed by atoms with E-state index in [1.807, 2.05) is 0 Å². The monoisotopic (exact) mass is 508 g/mol. The van der Waals surface area contributed by atoms with Crippen LogP contribution in [0.2, 0.25) is 0 Å². The first-order valence-electron chi connectivity index (χ1n) is 11.0. The largest absolute Gasteiger partial charge is 0.481 e. The summed E-state index contributed by atoms with van der Waals surface area (Å²) in [6, 6.07) is 11.0. The van der Waals surface area contributed by atoms with Crippen LogP contribution in [0.4, 0.5) is 4.39 Å². The number of sulfone groups is 1. The first-order chi connectivity index (χ1) is 16.6. The van der Waals surface area contributed by atoms with Gasteiger partial charge in [0.25, 0.3) is 5.91 Å². The van der Waals surface area contributed by atoms with Gasteiger partial charge in [0.15, 0.2) is 4.93 Å². The molecule has 1 amide bonds. The van der Waals surface area contributed by atoms with Gasteiger partial charge in [-0.25, -0.2) is 18.3 Å². The van der Waals surface area contributed by atoms with Crippen molar-refractivity contribution in [1.29, 1.82) is 0 Å². The molecule has 188 valence electrons. The van der Waals surface area contributed by atoms with E-state index in [0.29, 0.717) is 17.9 Å². The van der Waals surface area contributed by atoms with Crippen molar-refractivity contribution in [3.8, 4) is 11.5 Å². The summed E-state index contributed by atoms with van der Waals surface area (Å²) in [5.74, 6) is -1.63. The van der Waals surface area contributed by atoms with Crippen molar-refractivity contribution in [2.45, 2.75) is 53.6 Å². The number of carbonyl (C=O) groups is 2. The van der Waals surface area contributed by atoms with Crippen LogP contribution in [0.3, 0.4) is 0 Å². The van der Waals surface area contributed by atoms with Gasteiger partial charge in [-0.1, -0.05) is 0 Å². The number of rotatable bonds is 9. The number of hydrogen-bond donors (Lipinski definition) is 4. The zero-order valence-electron chi connectivity index (χ0n) is 18.6. The summed E-state index contributed by atoms with van der Waals surface area (Å²) in [6.07, 6.45) is -0.573. The van der Waals surface area contributed by atoms with Crippen molar-refractivity contribution < 1.29 is 42.2 Å². The van der Waals surface area contributed by atoms with Crippen molar-refractivity contribution in [1.82, 2.24) is 10.8 Å². The van der Waals surface area contributed by atoms with Crippen LogP contribution >= 0.6 is 0 Å². The number of aliphatic carboxylic acids is 1. The number of nitrogens with one attached hydrogen (secondary N) is 2. The molecule has 0 aromatic heterocycles. The fraction of sp³-hybridized carbons (Fsp3) is 0.391. The summed E-state index contributed by atoms with van der Waals surface area (Å²) in [6.45, 7) is -0.0962. The highest BCUT2D eigenvalue weighted by atomic mass is 32.2. The lowest BCUT2D eigenvalue weighted by atomic mass is 9.85. The van der Waals surface area contributed by atoms with Crippen molar-refractivity contribution >= 4 is 21.7 Å². The standard InChI is InChI=1S/C23H25FN2O8S/c24-15-1-3-16(4-2-15)33-17-5-7-19(8-6-17)35(31,32)23-11-9-18(34-23)13-22(14-23,21(29)26-30)25-12-10-20(27)28/h1-8,18,25,30H,9-14H2,(H,26,29)(H,27,28). The molecule has 12 heteroatoms. The normalized spacial score (nSPS) is 25.7. The maximum Gasteiger partial charge on any atom is 0.304 e. The van der Waals surface area contributed by atoms with E-state index in [-0.39, 0.29) is 37.1 Å². The molecule has 35 heavy (non-hydrogen) atoms. The van der Waals surface area contributed by atoms with Gasteiger partial charge >= 0.3 is 5.97 Å². The highest BCUT2D eigenvalue weighted by Gasteiger charge is 2.62. The molecular weight excluding hydrogens is 483 g/mol. The molecule has 4 N–H and O–H groups in total. The quantitative estimate of drug-likeness (QED) is 0.296. The fourth-order valence-electron chi connectivity index (χ4n) is 4.73. The lowest BCUT2D eigenvalue weighted by Crippen LogP contribution is -2.65. The Balaban J connectivity index is 1.60. The molecule has 2 aromatic rings. The lowest BCUT2D eigenvalue weighted by Gasteiger charge is -2.44. The van der Waals surface area contributed by atoms with Crippen LogP contribution in [0.5, 0.6) is 11.5 Å². The summed E-state index contributed by atoms with van der Waals surface area (Å²) in [7, 11) is -4.13. The molecule has 10 nitrogen and oxygen atoms in total. The Kier molecular flexibility index (Phi) is 6.82. The second kappa shape index (κ2) is 9.53. The maximum atomic E-state index is 13.7. The van der Waals surface area contributed by atoms with E-state index < -0.39 is 44.1 Å². The SMILES string of the molecule is O=C(O)CCNC1(C(=O)NO)CC2CCC(S(=O)(=O)c3ccc(Oc4ccc(F)cc4)cc3)(C1)O2. The zero-order valence-corrected chi connectivity index (χ0v) is 19.4. The van der Waals surface area contributed by atoms with E-state index in [1.54, 1.807) is 5.48 Å². The Morgan fingerprint density at radius 2 is 1.74 bits per heavy atom. The maximum absolute atomic E-state index is 13.7. The van der Waals surface area contributed by atoms with E-state index in [2.05, 4.69) is 5.32 Å².